The third kappa shape index (κ3) is 2.38. The number of ether oxygens (including phenoxy) is 2. The maximum absolute atomic E-state index is 9.76. The molecule has 4 heteroatoms. The monoisotopic (exact) mass is 280 g/mol. The van der Waals surface area contributed by atoms with Gasteiger partial charge in [0, 0.05) is 17.7 Å². The molecule has 0 saturated heterocycles. The van der Waals surface area contributed by atoms with Gasteiger partial charge in [0.1, 0.15) is 11.5 Å². The summed E-state index contributed by atoms with van der Waals surface area (Å²) in [6.07, 6.45) is 0.604. The van der Waals surface area contributed by atoms with Gasteiger partial charge < -0.3 is 14.8 Å². The first-order valence-corrected chi connectivity index (χ1v) is 6.83. The maximum Gasteiger partial charge on any atom is 0.157 e. The largest absolute Gasteiger partial charge is 0.497 e. The third-order valence-electron chi connectivity index (χ3n) is 3.72. The van der Waals surface area contributed by atoms with E-state index in [0.717, 1.165) is 22.7 Å². The van der Waals surface area contributed by atoms with Crippen molar-refractivity contribution in [1.29, 1.82) is 5.26 Å². The van der Waals surface area contributed by atoms with E-state index in [1.807, 2.05) is 48.5 Å². The molecule has 21 heavy (non-hydrogen) atoms. The predicted octanol–water partition coefficient (Wildman–Crippen LogP) is 3.31. The molecule has 1 aliphatic heterocycles. The first-order chi connectivity index (χ1) is 10.3. The van der Waals surface area contributed by atoms with Crippen molar-refractivity contribution in [2.75, 3.05) is 19.0 Å². The standard InChI is InChI=1S/C17H16N2O2/c1-20-14-8-6-13(7-9-14)19-17(12-18)10-11-21-16-5-3-2-4-15(16)17/h2-9,19H,10-11H2,1H3. The molecule has 2 aromatic rings. The van der Waals surface area contributed by atoms with Gasteiger partial charge in [-0.3, -0.25) is 0 Å². The van der Waals surface area contributed by atoms with Gasteiger partial charge in [0.05, 0.1) is 19.8 Å². The summed E-state index contributed by atoms with van der Waals surface area (Å²) in [6.45, 7) is 0.522. The lowest BCUT2D eigenvalue weighted by molar-refractivity contribution is 0.253. The molecule has 4 nitrogen and oxygen atoms in total. The van der Waals surface area contributed by atoms with E-state index in [4.69, 9.17) is 9.47 Å². The summed E-state index contributed by atoms with van der Waals surface area (Å²) in [5.41, 5.74) is 1.01. The summed E-state index contributed by atoms with van der Waals surface area (Å²) < 4.78 is 10.8. The van der Waals surface area contributed by atoms with Crippen molar-refractivity contribution in [3.05, 3.63) is 54.1 Å². The molecular formula is C17H16N2O2. The Morgan fingerprint density at radius 3 is 2.67 bits per heavy atom. The Hall–Kier alpha value is -2.67. The second-order valence-electron chi connectivity index (χ2n) is 4.97. The highest BCUT2D eigenvalue weighted by atomic mass is 16.5. The molecule has 0 radical (unpaired) electrons. The topological polar surface area (TPSA) is 54.3 Å². The van der Waals surface area contributed by atoms with Crippen LogP contribution in [0.25, 0.3) is 0 Å². The highest BCUT2D eigenvalue weighted by Crippen LogP contribution is 2.39. The summed E-state index contributed by atoms with van der Waals surface area (Å²) in [4.78, 5) is 0. The second kappa shape index (κ2) is 5.37. The number of hydrogen-bond acceptors (Lipinski definition) is 4. The van der Waals surface area contributed by atoms with E-state index in [9.17, 15) is 5.26 Å². The molecule has 2 aromatic carbocycles. The van der Waals surface area contributed by atoms with Crippen LogP contribution >= 0.6 is 0 Å². The highest BCUT2D eigenvalue weighted by molar-refractivity contribution is 5.56. The summed E-state index contributed by atoms with van der Waals surface area (Å²) >= 11 is 0. The fraction of sp³-hybridized carbons (Fsp3) is 0.235. The average Bonchev–Trinajstić information content (AvgIpc) is 2.56. The van der Waals surface area contributed by atoms with Crippen LogP contribution in [0.3, 0.4) is 0 Å². The summed E-state index contributed by atoms with van der Waals surface area (Å²) in [7, 11) is 1.63. The Labute approximate surface area is 123 Å². The van der Waals surface area contributed by atoms with Crippen LogP contribution < -0.4 is 14.8 Å². The Morgan fingerprint density at radius 2 is 1.95 bits per heavy atom. The molecule has 1 aliphatic rings. The van der Waals surface area contributed by atoms with Gasteiger partial charge in [-0.15, -0.1) is 0 Å². The fourth-order valence-electron chi connectivity index (χ4n) is 2.59. The first kappa shape index (κ1) is 13.3. The van der Waals surface area contributed by atoms with E-state index in [1.54, 1.807) is 7.11 Å². The molecule has 0 bridgehead atoms. The van der Waals surface area contributed by atoms with Gasteiger partial charge in [0.15, 0.2) is 5.54 Å². The van der Waals surface area contributed by atoms with Gasteiger partial charge >= 0.3 is 0 Å². The number of fused-ring (bicyclic) bond motifs is 1. The van der Waals surface area contributed by atoms with Crippen molar-refractivity contribution in [2.45, 2.75) is 12.0 Å². The quantitative estimate of drug-likeness (QED) is 0.937. The zero-order valence-corrected chi connectivity index (χ0v) is 11.8. The lowest BCUT2D eigenvalue weighted by Gasteiger charge is -2.34. The third-order valence-corrected chi connectivity index (χ3v) is 3.72. The van der Waals surface area contributed by atoms with E-state index in [0.29, 0.717) is 13.0 Å². The molecule has 1 heterocycles. The minimum absolute atomic E-state index is 0.522. The van der Waals surface area contributed by atoms with Crippen LogP contribution in [-0.2, 0) is 5.54 Å². The molecule has 0 aromatic heterocycles. The molecule has 0 fully saturated rings. The average molecular weight is 280 g/mol. The van der Waals surface area contributed by atoms with Gasteiger partial charge in [-0.2, -0.15) is 5.26 Å². The minimum atomic E-state index is -0.760. The smallest absolute Gasteiger partial charge is 0.157 e. The van der Waals surface area contributed by atoms with Gasteiger partial charge in [-0.25, -0.2) is 0 Å². The number of para-hydroxylation sites is 1. The zero-order valence-electron chi connectivity index (χ0n) is 11.8. The number of hydrogen-bond donors (Lipinski definition) is 1. The van der Waals surface area contributed by atoms with Crippen molar-refractivity contribution in [2.24, 2.45) is 0 Å². The van der Waals surface area contributed by atoms with E-state index < -0.39 is 5.54 Å². The van der Waals surface area contributed by atoms with Gasteiger partial charge in [0.2, 0.25) is 0 Å². The second-order valence-corrected chi connectivity index (χ2v) is 4.97. The van der Waals surface area contributed by atoms with Crippen LogP contribution in [0, 0.1) is 11.3 Å². The van der Waals surface area contributed by atoms with E-state index in [2.05, 4.69) is 11.4 Å². The van der Waals surface area contributed by atoms with Crippen molar-refractivity contribution in [3.63, 3.8) is 0 Å². The van der Waals surface area contributed by atoms with Crippen molar-refractivity contribution in [3.8, 4) is 17.6 Å². The van der Waals surface area contributed by atoms with Crippen LogP contribution in [-0.4, -0.2) is 13.7 Å². The number of anilines is 1. The maximum atomic E-state index is 9.76. The lowest BCUT2D eigenvalue weighted by Crippen LogP contribution is -2.38. The minimum Gasteiger partial charge on any atom is -0.497 e. The lowest BCUT2D eigenvalue weighted by atomic mass is 9.85. The van der Waals surface area contributed by atoms with Crippen LogP contribution in [0.2, 0.25) is 0 Å². The summed E-state index contributed by atoms with van der Waals surface area (Å²) in [5, 5.41) is 13.1. The van der Waals surface area contributed by atoms with Crippen LogP contribution in [0.1, 0.15) is 12.0 Å². The Bertz CT molecular complexity index is 676. The summed E-state index contributed by atoms with van der Waals surface area (Å²) in [6, 6.07) is 17.7. The molecule has 0 aliphatic carbocycles. The van der Waals surface area contributed by atoms with E-state index in [1.165, 1.54) is 0 Å². The van der Waals surface area contributed by atoms with Crippen molar-refractivity contribution < 1.29 is 9.47 Å². The Kier molecular flexibility index (Phi) is 3.41. The SMILES string of the molecule is COc1ccc(NC2(C#N)CCOc3ccccc32)cc1. The Morgan fingerprint density at radius 1 is 1.19 bits per heavy atom. The zero-order chi connectivity index (χ0) is 14.7. The van der Waals surface area contributed by atoms with Gasteiger partial charge in [-0.05, 0) is 30.3 Å². The van der Waals surface area contributed by atoms with Gasteiger partial charge in [0.25, 0.3) is 0 Å². The number of rotatable bonds is 3. The number of methoxy groups -OCH3 is 1. The molecule has 0 saturated carbocycles. The van der Waals surface area contributed by atoms with E-state index >= 15 is 0 Å². The molecular weight excluding hydrogens is 264 g/mol. The molecule has 1 atom stereocenters. The predicted molar refractivity (Wildman–Crippen MR) is 80.5 cm³/mol. The molecule has 1 N–H and O–H groups in total. The number of nitrogens with one attached hydrogen (secondary N) is 1. The molecule has 106 valence electrons. The molecule has 0 amide bonds. The summed E-state index contributed by atoms with van der Waals surface area (Å²) in [5.74, 6) is 1.56. The first-order valence-electron chi connectivity index (χ1n) is 6.83. The molecule has 0 spiro atoms. The highest BCUT2D eigenvalue weighted by Gasteiger charge is 2.38. The van der Waals surface area contributed by atoms with Crippen LogP contribution in [0.5, 0.6) is 11.5 Å². The fourth-order valence-corrected chi connectivity index (χ4v) is 2.59. The number of benzene rings is 2. The van der Waals surface area contributed by atoms with Crippen molar-refractivity contribution >= 4 is 5.69 Å². The number of nitriles is 1. The van der Waals surface area contributed by atoms with Crippen molar-refractivity contribution in [1.82, 2.24) is 0 Å². The van der Waals surface area contributed by atoms with Crippen LogP contribution in [0.15, 0.2) is 48.5 Å². The number of nitrogens with zero attached hydrogens (tertiary/aromatic N) is 1. The molecule has 1 unspecified atom stereocenters. The normalized spacial score (nSPS) is 19.8. The van der Waals surface area contributed by atoms with Crippen LogP contribution in [0.4, 0.5) is 5.69 Å². The van der Waals surface area contributed by atoms with Gasteiger partial charge in [-0.1, -0.05) is 18.2 Å². The molecule has 3 rings (SSSR count). The Balaban J connectivity index is 1.96. The van der Waals surface area contributed by atoms with E-state index in [-0.39, 0.29) is 0 Å².